The monoisotopic (exact) mass is 284 g/mol. The summed E-state index contributed by atoms with van der Waals surface area (Å²) in [6.07, 6.45) is -0.392. The van der Waals surface area contributed by atoms with E-state index in [1.165, 1.54) is 5.56 Å². The molecule has 0 radical (unpaired) electrons. The molecule has 1 aliphatic heterocycles. The van der Waals surface area contributed by atoms with Crippen molar-refractivity contribution in [3.05, 3.63) is 59.2 Å². The Morgan fingerprint density at radius 3 is 2.75 bits per heavy atom. The number of aryl methyl sites for hydroxylation is 2. The number of benzene rings is 2. The van der Waals surface area contributed by atoms with Gasteiger partial charge in [0.15, 0.2) is 6.10 Å². The van der Waals surface area contributed by atoms with E-state index in [-0.39, 0.29) is 5.78 Å². The van der Waals surface area contributed by atoms with Crippen LogP contribution in [0.1, 0.15) is 21.5 Å². The van der Waals surface area contributed by atoms with Gasteiger partial charge in [-0.15, -0.1) is 11.8 Å². The van der Waals surface area contributed by atoms with Gasteiger partial charge in [-0.25, -0.2) is 0 Å². The van der Waals surface area contributed by atoms with Gasteiger partial charge in [0, 0.05) is 16.2 Å². The lowest BCUT2D eigenvalue weighted by molar-refractivity contribution is 0.0815. The molecule has 1 heterocycles. The van der Waals surface area contributed by atoms with Crippen molar-refractivity contribution in [1.82, 2.24) is 0 Å². The molecule has 0 saturated carbocycles. The summed E-state index contributed by atoms with van der Waals surface area (Å²) in [5, 5.41) is 0. The molecule has 1 aliphatic rings. The van der Waals surface area contributed by atoms with Crippen molar-refractivity contribution in [2.45, 2.75) is 24.8 Å². The number of carbonyl (C=O) groups excluding carboxylic acids is 1. The molecule has 2 aromatic rings. The van der Waals surface area contributed by atoms with Crippen LogP contribution in [0.5, 0.6) is 5.75 Å². The van der Waals surface area contributed by atoms with Crippen molar-refractivity contribution < 1.29 is 9.53 Å². The van der Waals surface area contributed by atoms with E-state index in [1.54, 1.807) is 11.8 Å². The van der Waals surface area contributed by atoms with Crippen molar-refractivity contribution in [3.63, 3.8) is 0 Å². The van der Waals surface area contributed by atoms with E-state index in [2.05, 4.69) is 0 Å². The molecule has 1 atom stereocenters. The first-order chi connectivity index (χ1) is 9.65. The van der Waals surface area contributed by atoms with E-state index < -0.39 is 6.10 Å². The van der Waals surface area contributed by atoms with Crippen molar-refractivity contribution in [2.75, 3.05) is 5.75 Å². The molecule has 0 aromatic heterocycles. The van der Waals surface area contributed by atoms with Gasteiger partial charge in [0.1, 0.15) is 5.75 Å². The van der Waals surface area contributed by atoms with Gasteiger partial charge in [-0.3, -0.25) is 4.79 Å². The highest BCUT2D eigenvalue weighted by molar-refractivity contribution is 7.99. The van der Waals surface area contributed by atoms with Gasteiger partial charge >= 0.3 is 0 Å². The Morgan fingerprint density at radius 2 is 1.95 bits per heavy atom. The van der Waals surface area contributed by atoms with Crippen LogP contribution in [0, 0.1) is 13.8 Å². The van der Waals surface area contributed by atoms with Crippen LogP contribution in [0.15, 0.2) is 47.4 Å². The average Bonchev–Trinajstić information content (AvgIpc) is 2.49. The number of Topliss-reactive ketones (excluding diaryl/α,β-unsaturated/α-hetero) is 1. The van der Waals surface area contributed by atoms with Crippen LogP contribution in [-0.2, 0) is 0 Å². The zero-order valence-electron chi connectivity index (χ0n) is 11.6. The standard InChI is InChI=1S/C17H16O2S/c1-11-7-8-13(9-12(11)2)17(18)15-10-20-16-6-4-3-5-14(16)19-15/h3-9,15H,10H2,1-2H3. The fourth-order valence-corrected chi connectivity index (χ4v) is 3.21. The second-order valence-electron chi connectivity index (χ2n) is 5.03. The Hall–Kier alpha value is -1.74. The van der Waals surface area contributed by atoms with Gasteiger partial charge in [-0.1, -0.05) is 24.3 Å². The fourth-order valence-electron chi connectivity index (χ4n) is 2.23. The summed E-state index contributed by atoms with van der Waals surface area (Å²) in [6.45, 7) is 4.07. The number of thioether (sulfide) groups is 1. The molecule has 0 N–H and O–H groups in total. The second kappa shape index (κ2) is 5.33. The van der Waals surface area contributed by atoms with E-state index >= 15 is 0 Å². The van der Waals surface area contributed by atoms with Gasteiger partial charge in [-0.2, -0.15) is 0 Å². The summed E-state index contributed by atoms with van der Waals surface area (Å²) in [6, 6.07) is 13.7. The van der Waals surface area contributed by atoms with E-state index in [0.29, 0.717) is 5.75 Å². The maximum atomic E-state index is 12.5. The summed E-state index contributed by atoms with van der Waals surface area (Å²) in [7, 11) is 0. The molecule has 102 valence electrons. The smallest absolute Gasteiger partial charge is 0.204 e. The molecule has 2 aromatic carbocycles. The molecular formula is C17H16O2S. The summed E-state index contributed by atoms with van der Waals surface area (Å²) in [5.41, 5.74) is 3.07. The van der Waals surface area contributed by atoms with Gasteiger partial charge < -0.3 is 4.74 Å². The molecule has 3 heteroatoms. The van der Waals surface area contributed by atoms with Gasteiger partial charge in [0.2, 0.25) is 5.78 Å². The number of rotatable bonds is 2. The van der Waals surface area contributed by atoms with Crippen LogP contribution in [0.4, 0.5) is 0 Å². The first kappa shape index (κ1) is 13.3. The third kappa shape index (κ3) is 2.46. The molecule has 0 spiro atoms. The number of ketones is 1. The molecule has 2 nitrogen and oxygen atoms in total. The number of hydrogen-bond acceptors (Lipinski definition) is 3. The molecule has 0 bridgehead atoms. The SMILES string of the molecule is Cc1ccc(C(=O)C2CSc3ccccc3O2)cc1C. The number of hydrogen-bond donors (Lipinski definition) is 0. The van der Waals surface area contributed by atoms with E-state index in [1.807, 2.05) is 56.3 Å². The van der Waals surface area contributed by atoms with Crippen LogP contribution in [0.2, 0.25) is 0 Å². The predicted molar refractivity (Wildman–Crippen MR) is 81.8 cm³/mol. The first-order valence-corrected chi connectivity index (χ1v) is 7.63. The number of ether oxygens (including phenoxy) is 1. The highest BCUT2D eigenvalue weighted by Gasteiger charge is 2.27. The number of carbonyl (C=O) groups is 1. The van der Waals surface area contributed by atoms with Crippen LogP contribution >= 0.6 is 11.8 Å². The van der Waals surface area contributed by atoms with Crippen molar-refractivity contribution in [2.24, 2.45) is 0 Å². The summed E-state index contributed by atoms with van der Waals surface area (Å²) in [5.74, 6) is 1.55. The maximum absolute atomic E-state index is 12.5. The highest BCUT2D eigenvalue weighted by Crippen LogP contribution is 2.35. The lowest BCUT2D eigenvalue weighted by Crippen LogP contribution is -2.32. The molecule has 0 amide bonds. The Labute approximate surface area is 123 Å². The first-order valence-electron chi connectivity index (χ1n) is 6.65. The minimum absolute atomic E-state index is 0.0649. The Kier molecular flexibility index (Phi) is 3.53. The highest BCUT2D eigenvalue weighted by atomic mass is 32.2. The van der Waals surface area contributed by atoms with Crippen LogP contribution in [-0.4, -0.2) is 17.6 Å². The minimum Gasteiger partial charge on any atom is -0.480 e. The minimum atomic E-state index is -0.392. The normalized spacial score (nSPS) is 17.2. The zero-order valence-corrected chi connectivity index (χ0v) is 12.4. The van der Waals surface area contributed by atoms with Crippen LogP contribution in [0.3, 0.4) is 0 Å². The summed E-state index contributed by atoms with van der Waals surface area (Å²) < 4.78 is 5.85. The molecule has 0 saturated heterocycles. The van der Waals surface area contributed by atoms with E-state index in [0.717, 1.165) is 21.8 Å². The Bertz CT molecular complexity index is 664. The molecule has 0 fully saturated rings. The summed E-state index contributed by atoms with van der Waals surface area (Å²) >= 11 is 1.68. The van der Waals surface area contributed by atoms with Crippen molar-refractivity contribution in [1.29, 1.82) is 0 Å². The summed E-state index contributed by atoms with van der Waals surface area (Å²) in [4.78, 5) is 13.6. The average molecular weight is 284 g/mol. The van der Waals surface area contributed by atoms with Crippen molar-refractivity contribution >= 4 is 17.5 Å². The van der Waals surface area contributed by atoms with E-state index in [9.17, 15) is 4.79 Å². The zero-order chi connectivity index (χ0) is 14.1. The maximum Gasteiger partial charge on any atom is 0.204 e. The largest absolute Gasteiger partial charge is 0.480 e. The Morgan fingerprint density at radius 1 is 1.15 bits per heavy atom. The predicted octanol–water partition coefficient (Wildman–Crippen LogP) is 4.04. The number of fused-ring (bicyclic) bond motifs is 1. The van der Waals surface area contributed by atoms with Gasteiger partial charge in [-0.05, 0) is 43.2 Å². The quantitative estimate of drug-likeness (QED) is 0.779. The van der Waals surface area contributed by atoms with E-state index in [4.69, 9.17) is 4.74 Å². The molecule has 3 rings (SSSR count). The molecular weight excluding hydrogens is 268 g/mol. The Balaban J connectivity index is 1.84. The van der Waals surface area contributed by atoms with Crippen LogP contribution in [0.25, 0.3) is 0 Å². The molecule has 20 heavy (non-hydrogen) atoms. The topological polar surface area (TPSA) is 26.3 Å². The van der Waals surface area contributed by atoms with Crippen LogP contribution < -0.4 is 4.74 Å². The lowest BCUT2D eigenvalue weighted by Gasteiger charge is -2.24. The fraction of sp³-hybridized carbons (Fsp3) is 0.235. The van der Waals surface area contributed by atoms with Gasteiger partial charge in [0.05, 0.1) is 0 Å². The second-order valence-corrected chi connectivity index (χ2v) is 6.09. The molecule has 0 aliphatic carbocycles. The lowest BCUT2D eigenvalue weighted by atomic mass is 10.0. The molecule has 1 unspecified atom stereocenters. The van der Waals surface area contributed by atoms with Crippen molar-refractivity contribution in [3.8, 4) is 5.75 Å². The van der Waals surface area contributed by atoms with Gasteiger partial charge in [0.25, 0.3) is 0 Å². The number of para-hydroxylation sites is 1. The third-order valence-electron chi connectivity index (χ3n) is 3.59. The third-order valence-corrected chi connectivity index (χ3v) is 4.71.